The lowest BCUT2D eigenvalue weighted by Crippen LogP contribution is -2.36. The highest BCUT2D eigenvalue weighted by Crippen LogP contribution is 2.32. The fraction of sp³-hybridized carbons (Fsp3) is 0.167. The highest BCUT2D eigenvalue weighted by atomic mass is 35.5. The summed E-state index contributed by atoms with van der Waals surface area (Å²) < 4.78 is 1.35. The van der Waals surface area contributed by atoms with Gasteiger partial charge in [-0.15, -0.1) is 0 Å². The van der Waals surface area contributed by atoms with Gasteiger partial charge in [-0.3, -0.25) is 19.2 Å². The van der Waals surface area contributed by atoms with Crippen molar-refractivity contribution in [1.29, 1.82) is 0 Å². The maximum atomic E-state index is 13.1. The van der Waals surface area contributed by atoms with Crippen molar-refractivity contribution in [1.82, 2.24) is 14.5 Å². The van der Waals surface area contributed by atoms with E-state index in [9.17, 15) is 24.3 Å². The molecule has 12 heteroatoms. The second-order valence-corrected chi connectivity index (χ2v) is 9.99. The van der Waals surface area contributed by atoms with Crippen LogP contribution in [0.2, 0.25) is 10.0 Å². The van der Waals surface area contributed by atoms with Crippen LogP contribution in [-0.4, -0.2) is 50.4 Å². The normalized spacial score (nSPS) is 10.7. The van der Waals surface area contributed by atoms with Crippen LogP contribution in [0.4, 0.5) is 11.5 Å². The number of aromatic nitrogens is 2. The number of pyridine rings is 2. The smallest absolute Gasteiger partial charge is 0.259 e. The van der Waals surface area contributed by atoms with E-state index in [4.69, 9.17) is 23.2 Å². The largest absolute Gasteiger partial charge is 0.506 e. The Balaban J connectivity index is 1.55. The van der Waals surface area contributed by atoms with E-state index in [1.165, 1.54) is 41.1 Å². The number of amides is 3. The fourth-order valence-corrected chi connectivity index (χ4v) is 4.55. The van der Waals surface area contributed by atoms with Crippen LogP contribution in [0.3, 0.4) is 0 Å². The first-order chi connectivity index (χ1) is 20.1. The molecule has 42 heavy (non-hydrogen) atoms. The molecule has 0 saturated heterocycles. The summed E-state index contributed by atoms with van der Waals surface area (Å²) in [7, 11) is 0. The number of nitrogens with zero attached hydrogens (tertiary/aromatic N) is 3. The molecule has 0 atom stereocenters. The molecule has 0 aliphatic carbocycles. The van der Waals surface area contributed by atoms with Crippen molar-refractivity contribution in [3.05, 3.63) is 105 Å². The molecular formula is C30H27Cl2N5O5. The Kier molecular flexibility index (Phi) is 9.61. The van der Waals surface area contributed by atoms with Gasteiger partial charge in [0.25, 0.3) is 17.4 Å². The summed E-state index contributed by atoms with van der Waals surface area (Å²) in [5.41, 5.74) is 0.529. The number of nitrogens with one attached hydrogen (secondary N) is 2. The first kappa shape index (κ1) is 30.3. The molecule has 0 bridgehead atoms. The van der Waals surface area contributed by atoms with Gasteiger partial charge in [-0.2, -0.15) is 0 Å². The number of rotatable bonds is 9. The summed E-state index contributed by atoms with van der Waals surface area (Å²) in [6, 6.07) is 15.1. The van der Waals surface area contributed by atoms with Crippen molar-refractivity contribution in [3.63, 3.8) is 0 Å². The first-order valence-electron chi connectivity index (χ1n) is 13.0. The number of carbonyl (C=O) groups excluding carboxylic acids is 3. The molecular weight excluding hydrogens is 581 g/mol. The Morgan fingerprint density at radius 3 is 2.29 bits per heavy atom. The SMILES string of the molecule is CCN(CC)C(=O)Cn1cccc(-c2ccc(C(=O)Nc3c(O)cc(Cl)cc3C(=O)Nc3ccc(Cl)cn3)cc2)c1=O. The number of carbonyl (C=O) groups is 3. The average molecular weight is 608 g/mol. The number of hydrogen-bond donors (Lipinski definition) is 3. The number of hydrogen-bond acceptors (Lipinski definition) is 6. The molecule has 2 aromatic carbocycles. The molecule has 4 aromatic rings. The molecule has 0 fully saturated rings. The third-order valence-corrected chi connectivity index (χ3v) is 6.88. The van der Waals surface area contributed by atoms with Crippen molar-refractivity contribution in [2.75, 3.05) is 23.7 Å². The molecule has 4 rings (SSSR count). The van der Waals surface area contributed by atoms with Gasteiger partial charge in [0.1, 0.15) is 18.1 Å². The minimum atomic E-state index is -0.673. The molecule has 0 aliphatic rings. The standard InChI is InChI=1S/C30H27Cl2N5O5/c1-3-36(4-2)26(39)17-37-13-5-6-22(30(37)42)18-7-9-19(10-8-18)28(40)35-27-23(14-21(32)15-24(27)38)29(41)34-25-12-11-20(31)16-33-25/h5-16,38H,3-4,17H2,1-2H3,(H,35,40)(H,33,34,41). The van der Waals surface area contributed by atoms with Gasteiger partial charge in [-0.1, -0.05) is 35.3 Å². The summed E-state index contributed by atoms with van der Waals surface area (Å²) in [4.78, 5) is 57.4. The predicted molar refractivity (Wildman–Crippen MR) is 162 cm³/mol. The molecule has 0 radical (unpaired) electrons. The Morgan fingerprint density at radius 2 is 1.64 bits per heavy atom. The molecule has 0 spiro atoms. The van der Waals surface area contributed by atoms with Gasteiger partial charge < -0.3 is 25.2 Å². The van der Waals surface area contributed by atoms with Crippen LogP contribution in [0.5, 0.6) is 5.75 Å². The van der Waals surface area contributed by atoms with Gasteiger partial charge in [0.2, 0.25) is 5.91 Å². The van der Waals surface area contributed by atoms with E-state index in [2.05, 4.69) is 15.6 Å². The van der Waals surface area contributed by atoms with E-state index in [0.717, 1.165) is 0 Å². The molecule has 0 unspecified atom stereocenters. The maximum absolute atomic E-state index is 13.1. The lowest BCUT2D eigenvalue weighted by Gasteiger charge is -2.19. The summed E-state index contributed by atoms with van der Waals surface area (Å²) in [6.45, 7) is 4.77. The zero-order valence-electron chi connectivity index (χ0n) is 22.7. The van der Waals surface area contributed by atoms with Gasteiger partial charge in [-0.05, 0) is 61.9 Å². The lowest BCUT2D eigenvalue weighted by molar-refractivity contribution is -0.131. The average Bonchev–Trinajstić information content (AvgIpc) is 2.97. The van der Waals surface area contributed by atoms with Crippen molar-refractivity contribution >= 4 is 52.4 Å². The molecule has 216 valence electrons. The third kappa shape index (κ3) is 6.96. The molecule has 2 heterocycles. The number of aromatic hydroxyl groups is 1. The molecule has 0 saturated carbocycles. The topological polar surface area (TPSA) is 134 Å². The Morgan fingerprint density at radius 1 is 0.929 bits per heavy atom. The number of anilines is 2. The lowest BCUT2D eigenvalue weighted by atomic mass is 10.0. The summed E-state index contributed by atoms with van der Waals surface area (Å²) in [5, 5.41) is 16.1. The Labute approximate surface area is 251 Å². The third-order valence-electron chi connectivity index (χ3n) is 6.43. The maximum Gasteiger partial charge on any atom is 0.259 e. The number of halogens is 2. The van der Waals surface area contributed by atoms with Crippen molar-refractivity contribution in [2.45, 2.75) is 20.4 Å². The van der Waals surface area contributed by atoms with E-state index in [-0.39, 0.29) is 45.7 Å². The van der Waals surface area contributed by atoms with Gasteiger partial charge in [-0.25, -0.2) is 4.98 Å². The second-order valence-electron chi connectivity index (χ2n) is 9.12. The van der Waals surface area contributed by atoms with Crippen LogP contribution < -0.4 is 16.2 Å². The van der Waals surface area contributed by atoms with E-state index < -0.39 is 17.6 Å². The van der Waals surface area contributed by atoms with Gasteiger partial charge >= 0.3 is 0 Å². The summed E-state index contributed by atoms with van der Waals surface area (Å²) in [5.74, 6) is -1.66. The molecule has 2 aromatic heterocycles. The Hall–Kier alpha value is -4.67. The monoisotopic (exact) mass is 607 g/mol. The highest BCUT2D eigenvalue weighted by Gasteiger charge is 2.20. The minimum Gasteiger partial charge on any atom is -0.506 e. The fourth-order valence-electron chi connectivity index (χ4n) is 4.23. The van der Waals surface area contributed by atoms with Gasteiger partial charge in [0.05, 0.1) is 16.3 Å². The van der Waals surface area contributed by atoms with E-state index in [1.54, 1.807) is 41.4 Å². The van der Waals surface area contributed by atoms with Crippen LogP contribution in [0, 0.1) is 0 Å². The quantitative estimate of drug-likeness (QED) is 0.221. The zero-order valence-corrected chi connectivity index (χ0v) is 24.2. The molecule has 10 nitrogen and oxygen atoms in total. The van der Waals surface area contributed by atoms with Crippen LogP contribution in [0.15, 0.2) is 77.9 Å². The Bertz CT molecular complexity index is 1680. The number of phenolic OH excluding ortho intramolecular Hbond substituents is 1. The molecule has 0 aliphatic heterocycles. The van der Waals surface area contributed by atoms with E-state index in [1.807, 2.05) is 13.8 Å². The first-order valence-corrected chi connectivity index (χ1v) is 13.7. The summed E-state index contributed by atoms with van der Waals surface area (Å²) in [6.07, 6.45) is 2.92. The van der Waals surface area contributed by atoms with E-state index >= 15 is 0 Å². The van der Waals surface area contributed by atoms with Crippen molar-refractivity contribution < 1.29 is 19.5 Å². The second kappa shape index (κ2) is 13.3. The summed E-state index contributed by atoms with van der Waals surface area (Å²) >= 11 is 11.9. The molecule has 3 N–H and O–H groups in total. The number of benzene rings is 2. The predicted octanol–water partition coefficient (Wildman–Crippen LogP) is 5.30. The number of likely N-dealkylation sites (N-methyl/N-ethyl adjacent to an activating group) is 1. The van der Waals surface area contributed by atoms with Crippen LogP contribution in [0.25, 0.3) is 11.1 Å². The van der Waals surface area contributed by atoms with Crippen LogP contribution in [-0.2, 0) is 11.3 Å². The number of phenols is 1. The van der Waals surface area contributed by atoms with Gasteiger partial charge in [0, 0.05) is 47.7 Å². The zero-order chi connectivity index (χ0) is 30.4. The van der Waals surface area contributed by atoms with Crippen molar-refractivity contribution in [3.8, 4) is 16.9 Å². The van der Waals surface area contributed by atoms with Crippen LogP contribution >= 0.6 is 23.2 Å². The van der Waals surface area contributed by atoms with E-state index in [0.29, 0.717) is 29.2 Å². The van der Waals surface area contributed by atoms with Gasteiger partial charge in [0.15, 0.2) is 0 Å². The van der Waals surface area contributed by atoms with Crippen LogP contribution in [0.1, 0.15) is 34.6 Å². The minimum absolute atomic E-state index is 0.0799. The highest BCUT2D eigenvalue weighted by molar-refractivity contribution is 6.32. The molecule has 3 amide bonds. The van der Waals surface area contributed by atoms with Crippen molar-refractivity contribution in [2.24, 2.45) is 0 Å².